The predicted octanol–water partition coefficient (Wildman–Crippen LogP) is -1.30. The van der Waals surface area contributed by atoms with Gasteiger partial charge in [-0.05, 0) is 12.8 Å². The minimum atomic E-state index is -1.30. The molecule has 1 aliphatic rings. The van der Waals surface area contributed by atoms with Gasteiger partial charge in [0.05, 0.1) is 0 Å². The van der Waals surface area contributed by atoms with Crippen LogP contribution in [-0.4, -0.2) is 46.0 Å². The average Bonchev–Trinajstić information content (AvgIpc) is 2.70. The Labute approximate surface area is 102 Å². The van der Waals surface area contributed by atoms with Gasteiger partial charge in [0.15, 0.2) is 0 Å². The third-order valence-electron chi connectivity index (χ3n) is 2.57. The van der Waals surface area contributed by atoms with Crippen LogP contribution >= 0.6 is 0 Å². The zero-order chi connectivity index (χ0) is 13.7. The van der Waals surface area contributed by atoms with E-state index in [1.807, 2.05) is 0 Å². The van der Waals surface area contributed by atoms with E-state index in [9.17, 15) is 19.2 Å². The van der Waals surface area contributed by atoms with E-state index in [0.717, 1.165) is 0 Å². The fraction of sp³-hybridized carbons (Fsp3) is 0.600. The van der Waals surface area contributed by atoms with Crippen molar-refractivity contribution in [1.82, 2.24) is 10.6 Å². The van der Waals surface area contributed by atoms with E-state index < -0.39 is 29.9 Å². The molecule has 1 heterocycles. The van der Waals surface area contributed by atoms with Gasteiger partial charge in [0.2, 0.25) is 11.8 Å². The van der Waals surface area contributed by atoms with E-state index in [-0.39, 0.29) is 25.2 Å². The second kappa shape index (κ2) is 5.99. The molecule has 1 rings (SSSR count). The van der Waals surface area contributed by atoms with E-state index in [2.05, 4.69) is 10.6 Å². The summed E-state index contributed by atoms with van der Waals surface area (Å²) in [5.74, 6) is -3.29. The summed E-state index contributed by atoms with van der Waals surface area (Å²) in [6.07, 6.45) is -0.00771. The standard InChI is InChI=1S/C10H14N2O6/c13-7-3-1-5(11-7)9(16)12-6(10(17)18)2-4-8(14)15/h5-6H,1-4H2,(H,11,13)(H,12,16)(H,14,15)(H,17,18)/t5-,6?/m0/s1. The highest BCUT2D eigenvalue weighted by molar-refractivity contribution is 5.92. The number of carbonyl (C=O) groups excluding carboxylic acids is 2. The van der Waals surface area contributed by atoms with Crippen molar-refractivity contribution >= 4 is 23.8 Å². The molecular formula is C10H14N2O6. The molecule has 1 fully saturated rings. The van der Waals surface area contributed by atoms with Crippen molar-refractivity contribution in [2.24, 2.45) is 0 Å². The summed E-state index contributed by atoms with van der Waals surface area (Å²) in [5.41, 5.74) is 0. The smallest absolute Gasteiger partial charge is 0.326 e. The van der Waals surface area contributed by atoms with E-state index in [1.54, 1.807) is 0 Å². The van der Waals surface area contributed by atoms with Gasteiger partial charge >= 0.3 is 11.9 Å². The Morgan fingerprint density at radius 2 is 2.06 bits per heavy atom. The van der Waals surface area contributed by atoms with Gasteiger partial charge in [-0.2, -0.15) is 0 Å². The second-order valence-electron chi connectivity index (χ2n) is 3.99. The quantitative estimate of drug-likeness (QED) is 0.468. The summed E-state index contributed by atoms with van der Waals surface area (Å²) in [6, 6.07) is -1.99. The summed E-state index contributed by atoms with van der Waals surface area (Å²) >= 11 is 0. The van der Waals surface area contributed by atoms with Crippen LogP contribution in [0.15, 0.2) is 0 Å². The first-order chi connectivity index (χ1) is 8.40. The predicted molar refractivity (Wildman–Crippen MR) is 57.6 cm³/mol. The maximum absolute atomic E-state index is 11.6. The Morgan fingerprint density at radius 3 is 2.50 bits per heavy atom. The minimum absolute atomic E-state index is 0.197. The Hall–Kier alpha value is -2.12. The number of carboxylic acid groups (broad SMARTS) is 2. The van der Waals surface area contributed by atoms with Gasteiger partial charge in [0, 0.05) is 12.8 Å². The Bertz CT molecular complexity index is 381. The van der Waals surface area contributed by atoms with Gasteiger partial charge in [-0.25, -0.2) is 4.79 Å². The molecule has 8 heteroatoms. The topological polar surface area (TPSA) is 133 Å². The van der Waals surface area contributed by atoms with Crippen molar-refractivity contribution in [3.63, 3.8) is 0 Å². The van der Waals surface area contributed by atoms with Crippen LogP contribution < -0.4 is 10.6 Å². The Morgan fingerprint density at radius 1 is 1.39 bits per heavy atom. The van der Waals surface area contributed by atoms with E-state index in [0.29, 0.717) is 6.42 Å². The number of hydrogen-bond donors (Lipinski definition) is 4. The minimum Gasteiger partial charge on any atom is -0.481 e. The third kappa shape index (κ3) is 4.04. The molecule has 0 aromatic carbocycles. The molecule has 0 saturated carbocycles. The molecule has 18 heavy (non-hydrogen) atoms. The molecule has 2 amide bonds. The average molecular weight is 258 g/mol. The maximum atomic E-state index is 11.6. The van der Waals surface area contributed by atoms with Crippen LogP contribution in [0.25, 0.3) is 0 Å². The summed E-state index contributed by atoms with van der Waals surface area (Å²) in [6.45, 7) is 0. The van der Waals surface area contributed by atoms with Gasteiger partial charge in [-0.3, -0.25) is 14.4 Å². The molecule has 1 saturated heterocycles. The molecule has 8 nitrogen and oxygen atoms in total. The summed E-state index contributed by atoms with van der Waals surface area (Å²) < 4.78 is 0. The highest BCUT2D eigenvalue weighted by Crippen LogP contribution is 2.07. The van der Waals surface area contributed by atoms with Gasteiger partial charge in [0.25, 0.3) is 0 Å². The molecule has 4 N–H and O–H groups in total. The zero-order valence-electron chi connectivity index (χ0n) is 9.51. The number of carbonyl (C=O) groups is 4. The van der Waals surface area contributed by atoms with Gasteiger partial charge in [-0.1, -0.05) is 0 Å². The van der Waals surface area contributed by atoms with Crippen molar-refractivity contribution in [2.75, 3.05) is 0 Å². The molecule has 2 atom stereocenters. The summed E-state index contributed by atoms with van der Waals surface area (Å²) in [4.78, 5) is 43.7. The highest BCUT2D eigenvalue weighted by Gasteiger charge is 2.30. The Balaban J connectivity index is 2.49. The van der Waals surface area contributed by atoms with E-state index in [1.165, 1.54) is 0 Å². The number of aliphatic carboxylic acids is 2. The number of amides is 2. The van der Waals surface area contributed by atoms with Gasteiger partial charge in [0.1, 0.15) is 12.1 Å². The van der Waals surface area contributed by atoms with Crippen LogP contribution in [0.1, 0.15) is 25.7 Å². The second-order valence-corrected chi connectivity index (χ2v) is 3.99. The van der Waals surface area contributed by atoms with E-state index >= 15 is 0 Å². The van der Waals surface area contributed by atoms with Crippen molar-refractivity contribution in [1.29, 1.82) is 0 Å². The van der Waals surface area contributed by atoms with Crippen molar-refractivity contribution in [3.05, 3.63) is 0 Å². The molecule has 1 unspecified atom stereocenters. The van der Waals surface area contributed by atoms with Crippen LogP contribution in [0.4, 0.5) is 0 Å². The first kappa shape index (κ1) is 13.9. The number of hydrogen-bond acceptors (Lipinski definition) is 4. The van der Waals surface area contributed by atoms with Crippen molar-refractivity contribution < 1.29 is 29.4 Å². The molecular weight excluding hydrogens is 244 g/mol. The highest BCUT2D eigenvalue weighted by atomic mass is 16.4. The van der Waals surface area contributed by atoms with Gasteiger partial charge < -0.3 is 20.8 Å². The first-order valence-corrected chi connectivity index (χ1v) is 5.44. The molecule has 0 bridgehead atoms. The number of rotatable bonds is 6. The monoisotopic (exact) mass is 258 g/mol. The SMILES string of the molecule is O=C(O)CCC(NC(=O)[C@@H]1CCC(=O)N1)C(=O)O. The fourth-order valence-electron chi connectivity index (χ4n) is 1.61. The normalized spacial score (nSPS) is 20.0. The lowest BCUT2D eigenvalue weighted by atomic mass is 10.1. The molecule has 0 spiro atoms. The lowest BCUT2D eigenvalue weighted by molar-refractivity contribution is -0.143. The summed E-state index contributed by atoms with van der Waals surface area (Å²) in [7, 11) is 0. The van der Waals surface area contributed by atoms with Crippen molar-refractivity contribution in [3.8, 4) is 0 Å². The van der Waals surface area contributed by atoms with Crippen molar-refractivity contribution in [2.45, 2.75) is 37.8 Å². The van der Waals surface area contributed by atoms with Crippen LogP contribution in [0.3, 0.4) is 0 Å². The molecule has 100 valence electrons. The zero-order valence-corrected chi connectivity index (χ0v) is 9.51. The first-order valence-electron chi connectivity index (χ1n) is 5.44. The fourth-order valence-corrected chi connectivity index (χ4v) is 1.61. The van der Waals surface area contributed by atoms with Gasteiger partial charge in [-0.15, -0.1) is 0 Å². The van der Waals surface area contributed by atoms with Crippen LogP contribution in [0, 0.1) is 0 Å². The molecule has 0 radical (unpaired) electrons. The molecule has 1 aliphatic heterocycles. The molecule has 0 aromatic rings. The molecule has 0 aromatic heterocycles. The maximum Gasteiger partial charge on any atom is 0.326 e. The number of nitrogens with one attached hydrogen (secondary N) is 2. The summed E-state index contributed by atoms with van der Waals surface area (Å²) in [5, 5.41) is 21.9. The van der Waals surface area contributed by atoms with Crippen LogP contribution in [0.2, 0.25) is 0 Å². The lowest BCUT2D eigenvalue weighted by Gasteiger charge is -2.16. The lowest BCUT2D eigenvalue weighted by Crippen LogP contribution is -2.48. The molecule has 0 aliphatic carbocycles. The number of carboxylic acids is 2. The largest absolute Gasteiger partial charge is 0.481 e. The van der Waals surface area contributed by atoms with Crippen LogP contribution in [0.5, 0.6) is 0 Å². The van der Waals surface area contributed by atoms with Crippen LogP contribution in [-0.2, 0) is 19.2 Å². The van der Waals surface area contributed by atoms with E-state index in [4.69, 9.17) is 10.2 Å². The Kier molecular flexibility index (Phi) is 4.64. The third-order valence-corrected chi connectivity index (χ3v) is 2.57.